The molecule has 2 aromatic heterocycles. The summed E-state index contributed by atoms with van der Waals surface area (Å²) in [6.07, 6.45) is 3.75. The summed E-state index contributed by atoms with van der Waals surface area (Å²) in [4.78, 5) is 9.57. The third-order valence-electron chi connectivity index (χ3n) is 8.54. The zero-order chi connectivity index (χ0) is 31.0. The van der Waals surface area contributed by atoms with Crippen LogP contribution in [0.25, 0.3) is 49.8 Å². The number of allylic oxidation sites excluding steroid dienone is 1. The summed E-state index contributed by atoms with van der Waals surface area (Å²) < 4.78 is 20.0. The third-order valence-corrected chi connectivity index (χ3v) is 9.93. The molecular weight excluding hydrogens is 583 g/mol. The number of hydrogen-bond acceptors (Lipinski definition) is 5. The topological polar surface area (TPSA) is 53.5 Å². The number of hydrogen-bond donors (Lipinski definition) is 0. The molecule has 7 aromatic rings. The van der Waals surface area contributed by atoms with Gasteiger partial charge in [0.05, 0.1) is 5.76 Å². The van der Waals surface area contributed by atoms with Crippen molar-refractivity contribution in [2.75, 3.05) is 0 Å². The molecule has 2 heterocycles. The van der Waals surface area contributed by atoms with Crippen LogP contribution in [-0.4, -0.2) is 25.1 Å². The number of benzene rings is 5. The summed E-state index contributed by atoms with van der Waals surface area (Å²) >= 11 is -2.86. The second kappa shape index (κ2) is 12.0. The van der Waals surface area contributed by atoms with Crippen molar-refractivity contribution in [1.82, 2.24) is 9.97 Å². The molecule has 222 valence electrons. The molecular formula is C40H31AlN2O3. The van der Waals surface area contributed by atoms with E-state index < -0.39 is 15.1 Å². The Balaban J connectivity index is 1.13. The first-order valence-electron chi connectivity index (χ1n) is 15.6. The normalized spacial score (nSPS) is 12.5. The molecule has 0 amide bonds. The Morgan fingerprint density at radius 2 is 1.20 bits per heavy atom. The highest BCUT2D eigenvalue weighted by Crippen LogP contribution is 2.34. The molecule has 0 N–H and O–H groups in total. The fourth-order valence-corrected chi connectivity index (χ4v) is 7.60. The molecule has 6 heteroatoms. The van der Waals surface area contributed by atoms with Gasteiger partial charge in [0.15, 0.2) is 0 Å². The number of aryl methyl sites for hydroxylation is 3. The average Bonchev–Trinajstić information content (AvgIpc) is 3.08. The monoisotopic (exact) mass is 614 g/mol. The van der Waals surface area contributed by atoms with Crippen LogP contribution in [0.3, 0.4) is 0 Å². The molecule has 0 aliphatic heterocycles. The van der Waals surface area contributed by atoms with Crippen LogP contribution in [0.15, 0.2) is 127 Å². The Kier molecular flexibility index (Phi) is 7.38. The molecule has 8 rings (SSSR count). The maximum Gasteiger partial charge on any atom is 1.20 e. The molecule has 0 fully saturated rings. The maximum atomic E-state index is 6.69. The van der Waals surface area contributed by atoms with Crippen LogP contribution >= 0.6 is 0 Å². The highest BCUT2D eigenvalue weighted by atomic mass is 27.3. The van der Waals surface area contributed by atoms with Crippen molar-refractivity contribution in [3.05, 3.63) is 150 Å². The molecule has 0 radical (unpaired) electrons. The van der Waals surface area contributed by atoms with Gasteiger partial charge in [-0.25, -0.2) is 9.97 Å². The van der Waals surface area contributed by atoms with E-state index in [0.29, 0.717) is 11.5 Å². The van der Waals surface area contributed by atoms with Crippen molar-refractivity contribution in [3.63, 3.8) is 0 Å². The minimum absolute atomic E-state index is 0.652. The van der Waals surface area contributed by atoms with E-state index in [1.165, 1.54) is 27.5 Å². The first-order valence-corrected chi connectivity index (χ1v) is 17.0. The standard InChI is InChI=1S/C20H16O.2C10H9NO.Al/c21-18-11-10-15-12-17(9-8-16(15)13-18)20-7-3-5-14-4-1-2-6-19(14)20;2*1-7-5-6-8-3-2-4-9(12)10(8)11-7;/h1-9,12-13,21H,10-11H2;2*2-6,12H,1H3;/q;;;+3/p-3. The molecule has 0 saturated heterocycles. The van der Waals surface area contributed by atoms with Gasteiger partial charge in [-0.3, -0.25) is 0 Å². The number of pyridine rings is 2. The summed E-state index contributed by atoms with van der Waals surface area (Å²) in [6, 6.07) is 41.8. The van der Waals surface area contributed by atoms with Gasteiger partial charge < -0.3 is 11.4 Å². The molecule has 1 aliphatic carbocycles. The molecule has 0 bridgehead atoms. The van der Waals surface area contributed by atoms with Gasteiger partial charge in [0.1, 0.15) is 22.5 Å². The van der Waals surface area contributed by atoms with Crippen LogP contribution in [0.1, 0.15) is 28.9 Å². The van der Waals surface area contributed by atoms with Gasteiger partial charge in [0.25, 0.3) is 0 Å². The first kappa shape index (κ1) is 28.3. The lowest BCUT2D eigenvalue weighted by Crippen LogP contribution is -2.34. The highest BCUT2D eigenvalue weighted by molar-refractivity contribution is 6.39. The van der Waals surface area contributed by atoms with Crippen molar-refractivity contribution in [2.24, 2.45) is 0 Å². The second-order valence-corrected chi connectivity index (χ2v) is 13.0. The Hall–Kier alpha value is -5.15. The van der Waals surface area contributed by atoms with E-state index in [1.807, 2.05) is 62.4 Å². The molecule has 1 aliphatic rings. The van der Waals surface area contributed by atoms with Crippen LogP contribution in [0.4, 0.5) is 0 Å². The SMILES string of the molecule is Cc1ccc2cccc([O][Al]([O]C3=Cc4ccc(-c5cccc6ccccc56)cc4CC3)[O]c3cccc4ccc(C)nc34)c2n1. The predicted molar refractivity (Wildman–Crippen MR) is 187 cm³/mol. The van der Waals surface area contributed by atoms with Gasteiger partial charge in [0, 0.05) is 28.6 Å². The van der Waals surface area contributed by atoms with E-state index in [-0.39, 0.29) is 0 Å². The Morgan fingerprint density at radius 1 is 0.565 bits per heavy atom. The summed E-state index contributed by atoms with van der Waals surface area (Å²) in [5.74, 6) is 2.16. The van der Waals surface area contributed by atoms with Gasteiger partial charge in [-0.2, -0.15) is 0 Å². The van der Waals surface area contributed by atoms with Crippen LogP contribution in [-0.2, 0) is 10.2 Å². The van der Waals surface area contributed by atoms with Crippen molar-refractivity contribution in [2.45, 2.75) is 26.7 Å². The van der Waals surface area contributed by atoms with Gasteiger partial charge in [0.2, 0.25) is 0 Å². The van der Waals surface area contributed by atoms with Gasteiger partial charge in [-0.15, -0.1) is 0 Å². The number of aromatic nitrogens is 2. The highest BCUT2D eigenvalue weighted by Gasteiger charge is 2.46. The van der Waals surface area contributed by atoms with Crippen LogP contribution in [0, 0.1) is 13.8 Å². The fourth-order valence-electron chi connectivity index (χ4n) is 6.23. The van der Waals surface area contributed by atoms with E-state index >= 15 is 0 Å². The van der Waals surface area contributed by atoms with Crippen LogP contribution < -0.4 is 7.58 Å². The summed E-state index contributed by atoms with van der Waals surface area (Å²) in [7, 11) is 0. The predicted octanol–water partition coefficient (Wildman–Crippen LogP) is 9.67. The minimum atomic E-state index is -2.86. The number of nitrogens with zero attached hydrogens (tertiary/aromatic N) is 2. The number of fused-ring (bicyclic) bond motifs is 4. The van der Waals surface area contributed by atoms with E-state index in [0.717, 1.165) is 57.4 Å². The lowest BCUT2D eigenvalue weighted by Gasteiger charge is -2.23. The molecule has 0 spiro atoms. The molecule has 0 unspecified atom stereocenters. The maximum absolute atomic E-state index is 6.69. The molecule has 0 atom stereocenters. The number of para-hydroxylation sites is 2. The third kappa shape index (κ3) is 5.58. The Morgan fingerprint density at radius 3 is 1.91 bits per heavy atom. The summed E-state index contributed by atoms with van der Waals surface area (Å²) in [6.45, 7) is 3.97. The Bertz CT molecular complexity index is 2210. The zero-order valence-corrected chi connectivity index (χ0v) is 26.9. The quantitative estimate of drug-likeness (QED) is 0.167. The first-order chi connectivity index (χ1) is 22.6. The van der Waals surface area contributed by atoms with Gasteiger partial charge in [-0.05, 0) is 83.6 Å². The van der Waals surface area contributed by atoms with E-state index in [2.05, 4.69) is 78.9 Å². The molecule has 0 saturated carbocycles. The van der Waals surface area contributed by atoms with Crippen molar-refractivity contribution in [3.8, 4) is 22.6 Å². The van der Waals surface area contributed by atoms with E-state index in [4.69, 9.17) is 21.3 Å². The fraction of sp³-hybridized carbons (Fsp3) is 0.100. The second-order valence-electron chi connectivity index (χ2n) is 11.8. The minimum Gasteiger partial charge on any atom is -0.580 e. The largest absolute Gasteiger partial charge is 1.20 e. The summed E-state index contributed by atoms with van der Waals surface area (Å²) in [5, 5.41) is 4.52. The average molecular weight is 615 g/mol. The van der Waals surface area contributed by atoms with Gasteiger partial charge in [-0.1, -0.05) is 97.1 Å². The van der Waals surface area contributed by atoms with E-state index in [1.54, 1.807) is 0 Å². The molecule has 5 nitrogen and oxygen atoms in total. The van der Waals surface area contributed by atoms with Crippen LogP contribution in [0.2, 0.25) is 0 Å². The lowest BCUT2D eigenvalue weighted by molar-refractivity contribution is 0.251. The Labute approximate surface area is 273 Å². The smallest absolute Gasteiger partial charge is 0.580 e. The zero-order valence-electron chi connectivity index (χ0n) is 25.7. The number of rotatable bonds is 7. The van der Waals surface area contributed by atoms with Gasteiger partial charge >= 0.3 is 15.1 Å². The van der Waals surface area contributed by atoms with Crippen LogP contribution in [0.5, 0.6) is 11.5 Å². The summed E-state index contributed by atoms with van der Waals surface area (Å²) in [5.41, 5.74) is 8.37. The van der Waals surface area contributed by atoms with Crippen molar-refractivity contribution in [1.29, 1.82) is 0 Å². The van der Waals surface area contributed by atoms with Crippen molar-refractivity contribution >= 4 is 53.8 Å². The lowest BCUT2D eigenvalue weighted by atomic mass is 9.91. The van der Waals surface area contributed by atoms with Crippen molar-refractivity contribution < 1.29 is 11.4 Å². The molecule has 46 heavy (non-hydrogen) atoms. The molecule has 5 aromatic carbocycles. The van der Waals surface area contributed by atoms with E-state index in [9.17, 15) is 0 Å².